The van der Waals surface area contributed by atoms with Gasteiger partial charge >= 0.3 is 11.9 Å². The fourth-order valence-corrected chi connectivity index (χ4v) is 1.62. The lowest BCUT2D eigenvalue weighted by Crippen LogP contribution is -2.39. The van der Waals surface area contributed by atoms with Crippen LogP contribution in [0.5, 0.6) is 0 Å². The molecule has 0 aromatic rings. The number of aliphatic carboxylic acids is 1. The fraction of sp³-hybridized carbons (Fsp3) is 0.556. The first kappa shape index (κ1) is 13.6. The Morgan fingerprint density at radius 1 is 1.71 bits per heavy atom. The predicted molar refractivity (Wildman–Crippen MR) is 56.4 cm³/mol. The molecule has 1 fully saturated rings. The van der Waals surface area contributed by atoms with Crippen LogP contribution >= 0.6 is 0 Å². The van der Waals surface area contributed by atoms with E-state index in [0.29, 0.717) is 4.90 Å². The summed E-state index contributed by atoms with van der Waals surface area (Å²) in [6, 6.07) is -1.84. The summed E-state index contributed by atoms with van der Waals surface area (Å²) in [6.45, 7) is -0.775. The number of hydrogen-bond acceptors (Lipinski definition) is 3. The van der Waals surface area contributed by atoms with Gasteiger partial charge in [0.1, 0.15) is 14.4 Å². The molecule has 0 bridgehead atoms. The maximum atomic E-state index is 13.1. The summed E-state index contributed by atoms with van der Waals surface area (Å²) in [4.78, 5) is 22.3. The maximum Gasteiger partial charge on any atom is 0.327 e. The largest absolute Gasteiger partial charge is 0.480 e. The highest BCUT2D eigenvalue weighted by molar-refractivity contribution is 6.12. The summed E-state index contributed by atoms with van der Waals surface area (Å²) in [6.07, 6.45) is 1.71. The molecule has 0 saturated carbocycles. The summed E-state index contributed by atoms with van der Waals surface area (Å²) in [5.41, 5.74) is 0. The number of aliphatic hydroxyl groups is 1. The van der Waals surface area contributed by atoms with Crippen LogP contribution in [0.2, 0.25) is 0 Å². The van der Waals surface area contributed by atoms with Crippen molar-refractivity contribution in [3.63, 3.8) is 0 Å². The Labute approximate surface area is 97.1 Å². The van der Waals surface area contributed by atoms with Gasteiger partial charge in [-0.2, -0.15) is 8.78 Å². The van der Waals surface area contributed by atoms with Gasteiger partial charge in [-0.3, -0.25) is 9.59 Å². The Morgan fingerprint density at radius 2 is 2.29 bits per heavy atom. The van der Waals surface area contributed by atoms with E-state index >= 15 is 0 Å². The Hall–Kier alpha value is -1.44. The lowest BCUT2D eigenvalue weighted by Gasteiger charge is -2.19. The SMILES string of the molecule is B[C@@H](O)/C=C/[C@H]1CC(F)(F)C(=O)N1CC(=O)O. The lowest BCUT2D eigenvalue weighted by atomic mass is 9.99. The van der Waals surface area contributed by atoms with Crippen LogP contribution in [0.1, 0.15) is 6.42 Å². The van der Waals surface area contributed by atoms with E-state index in [1.54, 1.807) is 0 Å². The Morgan fingerprint density at radius 3 is 2.76 bits per heavy atom. The first-order valence-corrected chi connectivity index (χ1v) is 5.01. The van der Waals surface area contributed by atoms with Gasteiger partial charge < -0.3 is 15.1 Å². The quantitative estimate of drug-likeness (QED) is 0.484. The zero-order valence-corrected chi connectivity index (χ0v) is 9.14. The van der Waals surface area contributed by atoms with Crippen molar-refractivity contribution in [2.75, 3.05) is 6.54 Å². The third-order valence-electron chi connectivity index (χ3n) is 2.36. The lowest BCUT2D eigenvalue weighted by molar-refractivity contribution is -0.152. The highest BCUT2D eigenvalue weighted by Crippen LogP contribution is 2.33. The molecule has 1 rings (SSSR count). The average molecular weight is 247 g/mol. The molecule has 1 heterocycles. The number of halogens is 2. The van der Waals surface area contributed by atoms with Crippen LogP contribution in [0.15, 0.2) is 12.2 Å². The molecule has 1 aliphatic heterocycles. The second-order valence-corrected chi connectivity index (χ2v) is 3.93. The first-order chi connectivity index (χ1) is 7.74. The topological polar surface area (TPSA) is 77.8 Å². The molecule has 5 nitrogen and oxygen atoms in total. The normalized spacial score (nSPS) is 25.5. The molecule has 0 aromatic carbocycles. The number of likely N-dealkylation sites (tertiary alicyclic amines) is 1. The number of carboxylic acids is 1. The standard InChI is InChI=1S/C9H12BF2NO4/c10-6(14)2-1-5-3-9(11,12)8(17)13(5)4-7(15)16/h1-2,5-6,14H,3-4,10H2,(H,15,16)/b2-1+/t5-,6-/m0/s1. The summed E-state index contributed by atoms with van der Waals surface area (Å²) >= 11 is 0. The fourth-order valence-electron chi connectivity index (χ4n) is 1.62. The van der Waals surface area contributed by atoms with Gasteiger partial charge in [-0.15, -0.1) is 0 Å². The van der Waals surface area contributed by atoms with Gasteiger partial charge in [0.2, 0.25) is 0 Å². The predicted octanol–water partition coefficient (Wildman–Crippen LogP) is -1.19. The Balaban J connectivity index is 2.87. The molecule has 8 heteroatoms. The third-order valence-corrected chi connectivity index (χ3v) is 2.36. The highest BCUT2D eigenvalue weighted by atomic mass is 19.3. The minimum absolute atomic E-state index is 0.598. The molecule has 1 amide bonds. The Kier molecular flexibility index (Phi) is 3.87. The van der Waals surface area contributed by atoms with Crippen LogP contribution in [0.3, 0.4) is 0 Å². The minimum atomic E-state index is -3.54. The zero-order chi connectivity index (χ0) is 13.2. The van der Waals surface area contributed by atoms with E-state index in [1.807, 2.05) is 0 Å². The van der Waals surface area contributed by atoms with Crippen molar-refractivity contribution in [1.82, 2.24) is 4.90 Å². The maximum absolute atomic E-state index is 13.1. The van der Waals surface area contributed by atoms with E-state index in [4.69, 9.17) is 10.2 Å². The van der Waals surface area contributed by atoms with Gasteiger partial charge in [0.25, 0.3) is 5.91 Å². The van der Waals surface area contributed by atoms with Gasteiger partial charge in [0.05, 0.1) is 6.04 Å². The van der Waals surface area contributed by atoms with Crippen molar-refractivity contribution >= 4 is 19.7 Å². The molecule has 1 aliphatic rings. The molecule has 2 N–H and O–H groups in total. The van der Waals surface area contributed by atoms with Gasteiger partial charge in [-0.25, -0.2) is 0 Å². The number of carbonyl (C=O) groups excluding carboxylic acids is 1. The van der Waals surface area contributed by atoms with E-state index in [1.165, 1.54) is 20.0 Å². The van der Waals surface area contributed by atoms with Crippen LogP contribution in [0.25, 0.3) is 0 Å². The number of rotatable bonds is 4. The number of carbonyl (C=O) groups is 2. The van der Waals surface area contributed by atoms with E-state index < -0.39 is 42.8 Å². The molecule has 17 heavy (non-hydrogen) atoms. The van der Waals surface area contributed by atoms with E-state index in [9.17, 15) is 18.4 Å². The Bertz CT molecular complexity index is 359. The number of hydrogen-bond donors (Lipinski definition) is 2. The van der Waals surface area contributed by atoms with Crippen LogP contribution in [-0.4, -0.2) is 59.3 Å². The monoisotopic (exact) mass is 247 g/mol. The van der Waals surface area contributed by atoms with Crippen LogP contribution < -0.4 is 0 Å². The van der Waals surface area contributed by atoms with Gasteiger partial charge in [0, 0.05) is 12.4 Å². The van der Waals surface area contributed by atoms with Crippen LogP contribution in [-0.2, 0) is 9.59 Å². The second kappa shape index (κ2) is 4.83. The molecule has 0 unspecified atom stereocenters. The molecule has 0 aliphatic carbocycles. The van der Waals surface area contributed by atoms with Gasteiger partial charge in [-0.05, 0) is 0 Å². The molecule has 2 atom stereocenters. The van der Waals surface area contributed by atoms with Crippen molar-refractivity contribution in [3.05, 3.63) is 12.2 Å². The summed E-state index contributed by atoms with van der Waals surface area (Å²) in [7, 11) is 1.42. The second-order valence-electron chi connectivity index (χ2n) is 3.93. The average Bonchev–Trinajstić information content (AvgIpc) is 2.38. The summed E-state index contributed by atoms with van der Waals surface area (Å²) < 4.78 is 26.3. The number of amides is 1. The van der Waals surface area contributed by atoms with Crippen LogP contribution in [0, 0.1) is 0 Å². The van der Waals surface area contributed by atoms with Gasteiger partial charge in [0.15, 0.2) is 0 Å². The van der Waals surface area contributed by atoms with Crippen molar-refractivity contribution in [3.8, 4) is 0 Å². The third kappa shape index (κ3) is 3.26. The molecule has 0 radical (unpaired) electrons. The molecule has 0 spiro atoms. The van der Waals surface area contributed by atoms with E-state index in [0.717, 1.165) is 0 Å². The molecular formula is C9H12BF2NO4. The van der Waals surface area contributed by atoms with Crippen molar-refractivity contribution in [2.45, 2.75) is 24.4 Å². The first-order valence-electron chi connectivity index (χ1n) is 5.01. The summed E-state index contributed by atoms with van der Waals surface area (Å²) in [5, 5.41) is 17.5. The van der Waals surface area contributed by atoms with Crippen molar-refractivity contribution in [1.29, 1.82) is 0 Å². The smallest absolute Gasteiger partial charge is 0.327 e. The van der Waals surface area contributed by atoms with Crippen molar-refractivity contribution in [2.24, 2.45) is 0 Å². The van der Waals surface area contributed by atoms with Crippen LogP contribution in [0.4, 0.5) is 8.78 Å². The van der Waals surface area contributed by atoms with E-state index in [-0.39, 0.29) is 0 Å². The molecule has 1 saturated heterocycles. The van der Waals surface area contributed by atoms with Crippen molar-refractivity contribution < 1.29 is 28.6 Å². The number of nitrogens with zero attached hydrogens (tertiary/aromatic N) is 1. The summed E-state index contributed by atoms with van der Waals surface area (Å²) in [5.74, 6) is -6.38. The molecular weight excluding hydrogens is 235 g/mol. The molecule has 94 valence electrons. The van der Waals surface area contributed by atoms with E-state index in [2.05, 4.69) is 0 Å². The molecule has 0 aromatic heterocycles. The number of carboxylic acid groups (broad SMARTS) is 1. The van der Waals surface area contributed by atoms with Gasteiger partial charge in [-0.1, -0.05) is 12.2 Å². The number of aliphatic hydroxyl groups excluding tert-OH is 1. The zero-order valence-electron chi connectivity index (χ0n) is 9.14. The highest BCUT2D eigenvalue weighted by Gasteiger charge is 2.52. The number of alkyl halides is 2. The minimum Gasteiger partial charge on any atom is -0.480 e.